The van der Waals surface area contributed by atoms with Crippen LogP contribution < -0.4 is 0 Å². The molecule has 0 aliphatic heterocycles. The van der Waals surface area contributed by atoms with Crippen LogP contribution in [0.15, 0.2) is 243 Å². The van der Waals surface area contributed by atoms with E-state index in [-0.39, 0.29) is 0 Å². The smallest absolute Gasteiger partial charge is 0.00135 e. The fourth-order valence-electron chi connectivity index (χ4n) is 7.21. The zero-order chi connectivity index (χ0) is 37.1. The molecule has 0 atom stereocenters. The summed E-state index contributed by atoms with van der Waals surface area (Å²) < 4.78 is 0. The Morgan fingerprint density at radius 2 is 0.455 bits per heavy atom. The molecule has 0 heteroatoms. The van der Waals surface area contributed by atoms with Crippen LogP contribution in [0.3, 0.4) is 0 Å². The van der Waals surface area contributed by atoms with Crippen LogP contribution in [0.25, 0.3) is 65.7 Å². The largest absolute Gasteiger partial charge is 0.0622 e. The first-order chi connectivity index (χ1) is 27.3. The number of rotatable bonds is 2. The van der Waals surface area contributed by atoms with Gasteiger partial charge in [-0.1, -0.05) is 231 Å². The van der Waals surface area contributed by atoms with Gasteiger partial charge in [0.05, 0.1) is 0 Å². The molecule has 0 radical (unpaired) electrons. The number of hydrogen-bond acceptors (Lipinski definition) is 0. The lowest BCUT2D eigenvalue weighted by Gasteiger charge is -2.04. The van der Waals surface area contributed by atoms with Crippen molar-refractivity contribution in [3.05, 3.63) is 254 Å². The summed E-state index contributed by atoms with van der Waals surface area (Å²) in [6.45, 7) is 0. The van der Waals surface area contributed by atoms with Crippen molar-refractivity contribution < 1.29 is 0 Å². The van der Waals surface area contributed by atoms with Gasteiger partial charge in [0.2, 0.25) is 0 Å². The Morgan fingerprint density at radius 1 is 0.200 bits per heavy atom. The summed E-state index contributed by atoms with van der Waals surface area (Å²) in [5, 5.41) is 7.87. The molecule has 0 amide bonds. The fraction of sp³-hybridized carbons (Fsp3) is 0.0182. The molecule has 1 aliphatic carbocycles. The van der Waals surface area contributed by atoms with Gasteiger partial charge >= 0.3 is 0 Å². The van der Waals surface area contributed by atoms with E-state index in [1.807, 2.05) is 12.1 Å². The monoisotopic (exact) mass is 702 g/mol. The van der Waals surface area contributed by atoms with Gasteiger partial charge in [-0.2, -0.15) is 0 Å². The quantitative estimate of drug-likeness (QED) is 0.157. The highest BCUT2D eigenvalue weighted by Gasteiger charge is 2.15. The molecule has 0 unspecified atom stereocenters. The highest BCUT2D eigenvalue weighted by Crippen LogP contribution is 2.35. The van der Waals surface area contributed by atoms with Gasteiger partial charge in [-0.15, -0.1) is 0 Å². The van der Waals surface area contributed by atoms with E-state index in [2.05, 4.69) is 231 Å². The Balaban J connectivity index is 0.000000106. The fourth-order valence-corrected chi connectivity index (χ4v) is 7.21. The molecule has 0 saturated carbocycles. The summed E-state index contributed by atoms with van der Waals surface area (Å²) in [6, 6.07) is 85.1. The van der Waals surface area contributed by atoms with E-state index in [0.717, 1.165) is 6.42 Å². The first-order valence-corrected chi connectivity index (χ1v) is 19.0. The minimum atomic E-state index is 1.10. The molecule has 0 heterocycles. The molecule has 0 aromatic heterocycles. The van der Waals surface area contributed by atoms with Crippen LogP contribution in [0.2, 0.25) is 0 Å². The zero-order valence-corrected chi connectivity index (χ0v) is 30.8. The van der Waals surface area contributed by atoms with Gasteiger partial charge in [-0.05, 0) is 95.4 Å². The SMILES string of the molecule is c1ccc(-c2ccc(-c3ccccc3)cc2)cc1.c1ccc2c(c1)Cc1ccccc1-2.c1ccc2cc3ccccc3cc2c1.c1ccc2ccccc2c1. The maximum absolute atomic E-state index is 2.24. The molecule has 0 saturated heterocycles. The summed E-state index contributed by atoms with van der Waals surface area (Å²) in [4.78, 5) is 0. The van der Waals surface area contributed by atoms with Crippen molar-refractivity contribution in [3.63, 3.8) is 0 Å². The van der Waals surface area contributed by atoms with Crippen LogP contribution in [0.4, 0.5) is 0 Å². The number of benzene rings is 10. The summed E-state index contributed by atoms with van der Waals surface area (Å²) in [7, 11) is 0. The summed E-state index contributed by atoms with van der Waals surface area (Å²) in [5.74, 6) is 0. The third kappa shape index (κ3) is 8.62. The van der Waals surface area contributed by atoms with Crippen molar-refractivity contribution in [2.45, 2.75) is 6.42 Å². The van der Waals surface area contributed by atoms with Crippen LogP contribution in [0, 0.1) is 0 Å². The summed E-state index contributed by atoms with van der Waals surface area (Å²) in [5.41, 5.74) is 10.8. The Kier molecular flexibility index (Phi) is 11.0. The zero-order valence-electron chi connectivity index (χ0n) is 30.8. The molecule has 10 aromatic rings. The Labute approximate surface area is 324 Å². The minimum absolute atomic E-state index is 1.10. The van der Waals surface area contributed by atoms with Gasteiger partial charge in [0, 0.05) is 0 Å². The van der Waals surface area contributed by atoms with Gasteiger partial charge < -0.3 is 0 Å². The second-order valence-electron chi connectivity index (χ2n) is 13.7. The topological polar surface area (TPSA) is 0 Å². The van der Waals surface area contributed by atoms with Crippen LogP contribution in [0.5, 0.6) is 0 Å². The van der Waals surface area contributed by atoms with E-state index in [0.29, 0.717) is 0 Å². The Morgan fingerprint density at radius 3 is 0.800 bits per heavy atom. The Hall–Kier alpha value is -7.02. The number of hydrogen-bond donors (Lipinski definition) is 0. The first kappa shape index (κ1) is 35.0. The average molecular weight is 703 g/mol. The highest BCUT2D eigenvalue weighted by molar-refractivity contribution is 5.98. The van der Waals surface area contributed by atoms with Gasteiger partial charge in [0.1, 0.15) is 0 Å². The highest BCUT2D eigenvalue weighted by atomic mass is 14.2. The first-order valence-electron chi connectivity index (χ1n) is 19.0. The van der Waals surface area contributed by atoms with E-state index < -0.39 is 0 Å². The van der Waals surface area contributed by atoms with Crippen molar-refractivity contribution in [2.75, 3.05) is 0 Å². The average Bonchev–Trinajstić information content (AvgIpc) is 3.66. The van der Waals surface area contributed by atoms with Crippen LogP contribution in [0.1, 0.15) is 11.1 Å². The molecule has 10 aromatic carbocycles. The van der Waals surface area contributed by atoms with Gasteiger partial charge in [0.15, 0.2) is 0 Å². The van der Waals surface area contributed by atoms with Gasteiger partial charge in [-0.25, -0.2) is 0 Å². The van der Waals surface area contributed by atoms with Crippen molar-refractivity contribution in [1.29, 1.82) is 0 Å². The molecule has 55 heavy (non-hydrogen) atoms. The molecule has 1 aliphatic rings. The number of fused-ring (bicyclic) bond motifs is 6. The minimum Gasteiger partial charge on any atom is -0.0622 e. The second-order valence-corrected chi connectivity index (χ2v) is 13.7. The molecular formula is C55H42. The maximum Gasteiger partial charge on any atom is -0.00135 e. The molecule has 11 rings (SSSR count). The normalized spacial score (nSPS) is 10.8. The molecule has 0 fully saturated rings. The predicted molar refractivity (Wildman–Crippen MR) is 237 cm³/mol. The van der Waals surface area contributed by atoms with Gasteiger partial charge in [0.25, 0.3) is 0 Å². The molecule has 262 valence electrons. The third-order valence-electron chi connectivity index (χ3n) is 10.1. The van der Waals surface area contributed by atoms with E-state index in [1.54, 1.807) is 0 Å². The van der Waals surface area contributed by atoms with Crippen LogP contribution >= 0.6 is 0 Å². The second kappa shape index (κ2) is 17.2. The van der Waals surface area contributed by atoms with Crippen molar-refractivity contribution in [2.24, 2.45) is 0 Å². The van der Waals surface area contributed by atoms with Crippen molar-refractivity contribution >= 4 is 32.3 Å². The van der Waals surface area contributed by atoms with Gasteiger partial charge in [-0.3, -0.25) is 0 Å². The van der Waals surface area contributed by atoms with E-state index in [4.69, 9.17) is 0 Å². The van der Waals surface area contributed by atoms with Crippen molar-refractivity contribution in [1.82, 2.24) is 0 Å². The lowest BCUT2D eigenvalue weighted by molar-refractivity contribution is 1.26. The molecule has 0 bridgehead atoms. The molecule has 0 spiro atoms. The van der Waals surface area contributed by atoms with E-state index >= 15 is 0 Å². The summed E-state index contributed by atoms with van der Waals surface area (Å²) in [6.07, 6.45) is 1.10. The van der Waals surface area contributed by atoms with E-state index in [9.17, 15) is 0 Å². The summed E-state index contributed by atoms with van der Waals surface area (Å²) >= 11 is 0. The third-order valence-corrected chi connectivity index (χ3v) is 10.1. The molecule has 0 N–H and O–H groups in total. The lowest BCUT2D eigenvalue weighted by atomic mass is 10.0. The van der Waals surface area contributed by atoms with Crippen LogP contribution in [-0.2, 0) is 6.42 Å². The predicted octanol–water partition coefficient (Wildman–Crippen LogP) is 15.1. The lowest BCUT2D eigenvalue weighted by Crippen LogP contribution is -1.79. The Bertz CT molecular complexity index is 2490. The van der Waals surface area contributed by atoms with E-state index in [1.165, 1.54) is 76.8 Å². The van der Waals surface area contributed by atoms with Crippen molar-refractivity contribution in [3.8, 4) is 33.4 Å². The molecule has 0 nitrogen and oxygen atoms in total. The van der Waals surface area contributed by atoms with Crippen LogP contribution in [-0.4, -0.2) is 0 Å². The standard InChI is InChI=1S/C18H14.C14H10.C13H10.C10H8/c1-3-7-15(8-4-1)17-11-13-18(14-12-17)16-9-5-2-6-10-16;1-2-6-12-10-14-8-4-3-7-13(14)9-11(12)5-1;1-3-7-12-10(5-1)9-11-6-2-4-8-13(11)12;1-2-6-10-8-4-3-7-9(10)5-1/h1-14H;1-10H;1-8H,9H2;1-8H. The maximum atomic E-state index is 2.24. The molecular weight excluding hydrogens is 661 g/mol.